The van der Waals surface area contributed by atoms with Crippen molar-refractivity contribution in [2.24, 2.45) is 0 Å². The van der Waals surface area contributed by atoms with Crippen molar-refractivity contribution < 1.29 is 14.2 Å². The van der Waals surface area contributed by atoms with Crippen LogP contribution in [0, 0.1) is 0 Å². The Hall–Kier alpha value is -2.83. The summed E-state index contributed by atoms with van der Waals surface area (Å²) in [7, 11) is 3.39. The highest BCUT2D eigenvalue weighted by molar-refractivity contribution is 6.30. The van der Waals surface area contributed by atoms with Crippen LogP contribution in [0.2, 0.25) is 5.15 Å². The van der Waals surface area contributed by atoms with E-state index in [-0.39, 0.29) is 6.10 Å². The summed E-state index contributed by atoms with van der Waals surface area (Å²) in [6, 6.07) is 17.1. The van der Waals surface area contributed by atoms with E-state index in [1.165, 1.54) is 11.1 Å². The van der Waals surface area contributed by atoms with Gasteiger partial charge in [0.25, 0.3) is 5.88 Å². The molecule has 1 fully saturated rings. The number of nitrogens with zero attached hydrogens (tertiary/aromatic N) is 3. The van der Waals surface area contributed by atoms with E-state index in [2.05, 4.69) is 39.1 Å². The predicted molar refractivity (Wildman–Crippen MR) is 129 cm³/mol. The number of halogens is 1. The van der Waals surface area contributed by atoms with Gasteiger partial charge in [0.1, 0.15) is 17.6 Å². The zero-order chi connectivity index (χ0) is 23.0. The normalized spacial score (nSPS) is 18.2. The Morgan fingerprint density at radius 3 is 1.79 bits per heavy atom. The minimum absolute atomic E-state index is 0.110. The Morgan fingerprint density at radius 1 is 0.788 bits per heavy atom. The maximum Gasteiger partial charge on any atom is 0.252 e. The van der Waals surface area contributed by atoms with Gasteiger partial charge in [0.2, 0.25) is 0 Å². The zero-order valence-corrected chi connectivity index (χ0v) is 19.9. The van der Waals surface area contributed by atoms with Crippen LogP contribution in [0.5, 0.6) is 17.4 Å². The van der Waals surface area contributed by atoms with Gasteiger partial charge < -0.3 is 14.2 Å². The molecular formula is C26H30ClN3O3. The summed E-state index contributed by atoms with van der Waals surface area (Å²) in [5, 5.41) is 0.320. The molecular weight excluding hydrogens is 438 g/mol. The fraction of sp³-hybridized carbons (Fsp3) is 0.385. The molecule has 0 saturated heterocycles. The first-order valence-electron chi connectivity index (χ1n) is 11.3. The quantitative estimate of drug-likeness (QED) is 0.412. The first kappa shape index (κ1) is 23.3. The lowest BCUT2D eigenvalue weighted by Gasteiger charge is -2.37. The van der Waals surface area contributed by atoms with Gasteiger partial charge in [-0.15, -0.1) is 0 Å². The standard InChI is InChI=1S/C26H30ClN3O3/c1-31-22-9-3-19(4-10-22)17-30(18-20-5-11-23(32-2)12-6-20)21-7-13-24(14-8-21)33-26-25(27)28-15-16-29-26/h3-6,9-12,15-16,21,24H,7-8,13-14,17-18H2,1-2H3/t21-,24-. The number of benzene rings is 2. The van der Waals surface area contributed by atoms with Crippen molar-refractivity contribution in [2.45, 2.75) is 50.9 Å². The highest BCUT2D eigenvalue weighted by atomic mass is 35.5. The van der Waals surface area contributed by atoms with Crippen LogP contribution in [-0.2, 0) is 13.1 Å². The fourth-order valence-corrected chi connectivity index (χ4v) is 4.47. The molecule has 1 aliphatic rings. The third-order valence-corrected chi connectivity index (χ3v) is 6.41. The van der Waals surface area contributed by atoms with Gasteiger partial charge in [0.15, 0.2) is 5.15 Å². The minimum atomic E-state index is 0.110. The first-order chi connectivity index (χ1) is 16.1. The van der Waals surface area contributed by atoms with Crippen LogP contribution < -0.4 is 14.2 Å². The highest BCUT2D eigenvalue weighted by Crippen LogP contribution is 2.30. The number of ether oxygens (including phenoxy) is 3. The first-order valence-corrected chi connectivity index (χ1v) is 11.7. The summed E-state index contributed by atoms with van der Waals surface area (Å²) >= 11 is 6.12. The Balaban J connectivity index is 1.43. The van der Waals surface area contributed by atoms with Gasteiger partial charge in [-0.2, -0.15) is 0 Å². The largest absolute Gasteiger partial charge is 0.497 e. The monoisotopic (exact) mass is 467 g/mol. The summed E-state index contributed by atoms with van der Waals surface area (Å²) in [5.74, 6) is 2.18. The van der Waals surface area contributed by atoms with Crippen LogP contribution in [0.3, 0.4) is 0 Å². The van der Waals surface area contributed by atoms with Crippen molar-refractivity contribution in [3.05, 3.63) is 77.2 Å². The molecule has 33 heavy (non-hydrogen) atoms. The second-order valence-corrected chi connectivity index (χ2v) is 8.66. The predicted octanol–water partition coefficient (Wildman–Crippen LogP) is 5.54. The molecule has 0 aliphatic heterocycles. The van der Waals surface area contributed by atoms with E-state index in [4.69, 9.17) is 25.8 Å². The zero-order valence-electron chi connectivity index (χ0n) is 19.1. The molecule has 0 bridgehead atoms. The summed E-state index contributed by atoms with van der Waals surface area (Å²) in [6.07, 6.45) is 7.31. The summed E-state index contributed by atoms with van der Waals surface area (Å²) in [6.45, 7) is 1.75. The van der Waals surface area contributed by atoms with Gasteiger partial charge in [-0.1, -0.05) is 35.9 Å². The van der Waals surface area contributed by atoms with Gasteiger partial charge in [-0.25, -0.2) is 9.97 Å². The highest BCUT2D eigenvalue weighted by Gasteiger charge is 2.28. The Bertz CT molecular complexity index is 957. The van der Waals surface area contributed by atoms with Crippen LogP contribution in [0.25, 0.3) is 0 Å². The van der Waals surface area contributed by atoms with Crippen LogP contribution in [0.1, 0.15) is 36.8 Å². The molecule has 4 rings (SSSR count). The maximum atomic E-state index is 6.12. The van der Waals surface area contributed by atoms with E-state index >= 15 is 0 Å². The smallest absolute Gasteiger partial charge is 0.252 e. The molecule has 3 aromatic rings. The number of methoxy groups -OCH3 is 2. The van der Waals surface area contributed by atoms with Crippen LogP contribution in [0.15, 0.2) is 60.9 Å². The van der Waals surface area contributed by atoms with E-state index in [1.54, 1.807) is 26.6 Å². The number of aromatic nitrogens is 2. The molecule has 0 atom stereocenters. The second kappa shape index (κ2) is 11.3. The van der Waals surface area contributed by atoms with E-state index in [0.29, 0.717) is 17.1 Å². The van der Waals surface area contributed by atoms with Gasteiger partial charge in [-0.05, 0) is 61.1 Å². The lowest BCUT2D eigenvalue weighted by Crippen LogP contribution is -2.39. The summed E-state index contributed by atoms with van der Waals surface area (Å²) in [5.41, 5.74) is 2.54. The molecule has 174 valence electrons. The SMILES string of the molecule is COc1ccc(CN(Cc2ccc(OC)cc2)[C@H]2CC[C@H](Oc3nccnc3Cl)CC2)cc1. The van der Waals surface area contributed by atoms with Crippen molar-refractivity contribution >= 4 is 11.6 Å². The minimum Gasteiger partial charge on any atom is -0.497 e. The molecule has 1 aliphatic carbocycles. The van der Waals surface area contributed by atoms with Crippen LogP contribution in [-0.4, -0.2) is 41.2 Å². The van der Waals surface area contributed by atoms with Crippen molar-refractivity contribution in [1.29, 1.82) is 0 Å². The molecule has 7 heteroatoms. The molecule has 0 spiro atoms. The molecule has 0 unspecified atom stereocenters. The van der Waals surface area contributed by atoms with Crippen molar-refractivity contribution in [3.8, 4) is 17.4 Å². The third kappa shape index (κ3) is 6.36. The second-order valence-electron chi connectivity index (χ2n) is 8.30. The average Bonchev–Trinajstić information content (AvgIpc) is 2.86. The van der Waals surface area contributed by atoms with Crippen molar-refractivity contribution in [1.82, 2.24) is 14.9 Å². The molecule has 0 radical (unpaired) electrons. The molecule has 1 aromatic heterocycles. The van der Waals surface area contributed by atoms with Gasteiger partial charge in [0, 0.05) is 31.5 Å². The summed E-state index contributed by atoms with van der Waals surface area (Å²) in [4.78, 5) is 10.8. The van der Waals surface area contributed by atoms with Gasteiger partial charge >= 0.3 is 0 Å². The van der Waals surface area contributed by atoms with E-state index in [9.17, 15) is 0 Å². The Labute approximate surface area is 200 Å². The molecule has 2 aromatic carbocycles. The summed E-state index contributed by atoms with van der Waals surface area (Å²) < 4.78 is 16.7. The Morgan fingerprint density at radius 2 is 1.30 bits per heavy atom. The topological polar surface area (TPSA) is 56.7 Å². The molecule has 1 heterocycles. The maximum absolute atomic E-state index is 6.12. The van der Waals surface area contributed by atoms with E-state index in [1.807, 2.05) is 24.3 Å². The fourth-order valence-electron chi connectivity index (χ4n) is 4.32. The van der Waals surface area contributed by atoms with Crippen molar-refractivity contribution in [2.75, 3.05) is 14.2 Å². The number of hydrogen-bond donors (Lipinski definition) is 0. The Kier molecular flexibility index (Phi) is 8.02. The molecule has 1 saturated carbocycles. The average molecular weight is 468 g/mol. The van der Waals surface area contributed by atoms with E-state index in [0.717, 1.165) is 50.3 Å². The molecule has 0 amide bonds. The van der Waals surface area contributed by atoms with Crippen LogP contribution in [0.4, 0.5) is 0 Å². The lowest BCUT2D eigenvalue weighted by molar-refractivity contribution is 0.0768. The lowest BCUT2D eigenvalue weighted by atomic mass is 9.91. The van der Waals surface area contributed by atoms with Gasteiger partial charge in [-0.3, -0.25) is 4.90 Å². The van der Waals surface area contributed by atoms with Gasteiger partial charge in [0.05, 0.1) is 14.2 Å². The molecule has 0 N–H and O–H groups in total. The van der Waals surface area contributed by atoms with Crippen molar-refractivity contribution in [3.63, 3.8) is 0 Å². The number of rotatable bonds is 9. The number of hydrogen-bond acceptors (Lipinski definition) is 6. The van der Waals surface area contributed by atoms with E-state index < -0.39 is 0 Å². The third-order valence-electron chi connectivity index (χ3n) is 6.15. The molecule has 6 nitrogen and oxygen atoms in total. The van der Waals surface area contributed by atoms with Crippen LogP contribution >= 0.6 is 11.6 Å².